The Morgan fingerprint density at radius 1 is 0.909 bits per heavy atom. The first-order valence-electron chi connectivity index (χ1n) is 8.62. The molecule has 0 aromatic carbocycles. The van der Waals surface area contributed by atoms with Crippen LogP contribution in [0.15, 0.2) is 0 Å². The van der Waals surface area contributed by atoms with Gasteiger partial charge in [-0.2, -0.15) is 8.42 Å². The second kappa shape index (κ2) is 13.0. The van der Waals surface area contributed by atoms with Crippen LogP contribution in [0, 0.1) is 0 Å². The fourth-order valence-corrected chi connectivity index (χ4v) is 3.24. The maximum atomic E-state index is 11.7. The zero-order chi connectivity index (χ0) is 16.8. The molecule has 0 rings (SSSR count). The second-order valence-corrected chi connectivity index (χ2v) is 7.59. The van der Waals surface area contributed by atoms with E-state index in [1.807, 2.05) is 0 Å². The van der Waals surface area contributed by atoms with Crippen LogP contribution in [0.2, 0.25) is 0 Å². The van der Waals surface area contributed by atoms with E-state index in [1.165, 1.54) is 51.4 Å². The van der Waals surface area contributed by atoms with Crippen LogP contribution in [0.4, 0.5) is 0 Å². The fraction of sp³-hybridized carbons (Fsp3) is 0.938. The Balaban J connectivity index is 3.52. The van der Waals surface area contributed by atoms with E-state index >= 15 is 0 Å². The summed E-state index contributed by atoms with van der Waals surface area (Å²) in [5.74, 6) is -0.471. The molecule has 0 saturated carbocycles. The molecule has 0 heterocycles. The van der Waals surface area contributed by atoms with Crippen molar-refractivity contribution in [2.45, 2.75) is 89.2 Å². The van der Waals surface area contributed by atoms with Gasteiger partial charge in [0.2, 0.25) is 0 Å². The van der Waals surface area contributed by atoms with Crippen LogP contribution < -0.4 is 5.73 Å². The monoisotopic (exact) mass is 335 g/mol. The van der Waals surface area contributed by atoms with E-state index in [2.05, 4.69) is 6.92 Å². The summed E-state index contributed by atoms with van der Waals surface area (Å²) < 4.78 is 30.8. The van der Waals surface area contributed by atoms with Crippen LogP contribution in [0.25, 0.3) is 0 Å². The van der Waals surface area contributed by atoms with Gasteiger partial charge in [-0.1, -0.05) is 71.1 Å². The van der Waals surface area contributed by atoms with Crippen molar-refractivity contribution in [2.24, 2.45) is 5.73 Å². The smallest absolute Gasteiger partial charge is 0.276 e. The molecule has 3 N–H and O–H groups in total. The third-order valence-corrected chi connectivity index (χ3v) is 5.13. The van der Waals surface area contributed by atoms with Crippen molar-refractivity contribution >= 4 is 15.9 Å². The summed E-state index contributed by atoms with van der Waals surface area (Å²) in [5, 5.41) is -1.45. The Labute approximate surface area is 135 Å². The van der Waals surface area contributed by atoms with Crippen molar-refractivity contribution in [3.8, 4) is 0 Å². The van der Waals surface area contributed by atoms with E-state index in [0.29, 0.717) is 6.42 Å². The van der Waals surface area contributed by atoms with Crippen molar-refractivity contribution in [1.29, 1.82) is 0 Å². The van der Waals surface area contributed by atoms with Gasteiger partial charge in [0.15, 0.2) is 11.0 Å². The van der Waals surface area contributed by atoms with Gasteiger partial charge in [0.25, 0.3) is 10.1 Å². The molecule has 0 bridgehead atoms. The first-order chi connectivity index (χ1) is 10.4. The molecule has 0 aliphatic heterocycles. The molecule has 0 amide bonds. The Hall–Kier alpha value is -0.460. The van der Waals surface area contributed by atoms with Crippen molar-refractivity contribution in [3.05, 3.63) is 0 Å². The lowest BCUT2D eigenvalue weighted by atomic mass is 10.0. The van der Waals surface area contributed by atoms with Crippen LogP contribution in [0.5, 0.6) is 0 Å². The van der Waals surface area contributed by atoms with E-state index in [4.69, 9.17) is 10.3 Å². The molecule has 132 valence electrons. The highest BCUT2D eigenvalue weighted by Gasteiger charge is 2.28. The lowest BCUT2D eigenvalue weighted by Crippen LogP contribution is -2.36. The summed E-state index contributed by atoms with van der Waals surface area (Å²) in [6.07, 6.45) is 13.1. The van der Waals surface area contributed by atoms with Crippen molar-refractivity contribution < 1.29 is 17.8 Å². The number of ketones is 1. The minimum absolute atomic E-state index is 0.179. The molecule has 0 aromatic rings. The molecule has 0 radical (unpaired) electrons. The van der Waals surface area contributed by atoms with Gasteiger partial charge < -0.3 is 5.73 Å². The van der Waals surface area contributed by atoms with Crippen LogP contribution >= 0.6 is 0 Å². The van der Waals surface area contributed by atoms with Crippen LogP contribution in [0.1, 0.15) is 84.0 Å². The Kier molecular flexibility index (Phi) is 12.8. The van der Waals surface area contributed by atoms with Gasteiger partial charge >= 0.3 is 0 Å². The zero-order valence-corrected chi connectivity index (χ0v) is 14.7. The van der Waals surface area contributed by atoms with Gasteiger partial charge in [0, 0.05) is 13.0 Å². The summed E-state index contributed by atoms with van der Waals surface area (Å²) in [5.41, 5.74) is 5.23. The Morgan fingerprint density at radius 3 is 1.68 bits per heavy atom. The standard InChI is InChI=1S/C16H33NO4S/c1-2-3-4-5-6-7-8-9-10-11-12-13-15(18)16(14-17)22(19,20)21/h16H,2-14,17H2,1H3,(H,19,20,21). The largest absolute Gasteiger partial charge is 0.329 e. The highest BCUT2D eigenvalue weighted by Crippen LogP contribution is 2.13. The minimum atomic E-state index is -4.35. The molecule has 5 nitrogen and oxygen atoms in total. The van der Waals surface area contributed by atoms with Crippen molar-refractivity contribution in [3.63, 3.8) is 0 Å². The zero-order valence-electron chi connectivity index (χ0n) is 13.9. The molecule has 0 aliphatic rings. The SMILES string of the molecule is CCCCCCCCCCCCCC(=O)C(CN)S(=O)(=O)O. The highest BCUT2D eigenvalue weighted by atomic mass is 32.2. The van der Waals surface area contributed by atoms with Crippen LogP contribution in [-0.4, -0.2) is 30.5 Å². The molecule has 0 aromatic heterocycles. The third kappa shape index (κ3) is 11.2. The molecule has 22 heavy (non-hydrogen) atoms. The van der Waals surface area contributed by atoms with Gasteiger partial charge in [-0.25, -0.2) is 0 Å². The molecule has 0 aliphatic carbocycles. The average molecular weight is 336 g/mol. The van der Waals surface area contributed by atoms with Gasteiger partial charge in [-0.3, -0.25) is 9.35 Å². The number of hydrogen-bond acceptors (Lipinski definition) is 4. The molecule has 1 atom stereocenters. The number of nitrogens with two attached hydrogens (primary N) is 1. The average Bonchev–Trinajstić information content (AvgIpc) is 2.44. The number of carbonyl (C=O) groups excluding carboxylic acids is 1. The predicted molar refractivity (Wildman–Crippen MR) is 90.5 cm³/mol. The number of rotatable bonds is 15. The lowest BCUT2D eigenvalue weighted by molar-refractivity contribution is -0.118. The van der Waals surface area contributed by atoms with Crippen LogP contribution in [0.3, 0.4) is 0 Å². The van der Waals surface area contributed by atoms with Gasteiger partial charge in [0.05, 0.1) is 0 Å². The molecular formula is C16H33NO4S. The number of Topliss-reactive ketones (excluding diaryl/α,β-unsaturated/α-hetero) is 1. The maximum absolute atomic E-state index is 11.7. The normalized spacial score (nSPS) is 13.2. The topological polar surface area (TPSA) is 97.5 Å². The summed E-state index contributed by atoms with van der Waals surface area (Å²) in [4.78, 5) is 11.7. The van der Waals surface area contributed by atoms with Crippen molar-refractivity contribution in [1.82, 2.24) is 0 Å². The summed E-state index contributed by atoms with van der Waals surface area (Å²) >= 11 is 0. The predicted octanol–water partition coefficient (Wildman–Crippen LogP) is 3.47. The summed E-state index contributed by atoms with van der Waals surface area (Å²) in [7, 11) is -4.35. The second-order valence-electron chi connectivity index (χ2n) is 5.99. The summed E-state index contributed by atoms with van der Waals surface area (Å²) in [6, 6.07) is 0. The maximum Gasteiger partial charge on any atom is 0.276 e. The third-order valence-electron chi connectivity index (χ3n) is 3.96. The quantitative estimate of drug-likeness (QED) is 0.353. The fourth-order valence-electron chi connectivity index (χ4n) is 2.54. The Bertz CT molecular complexity index is 382. The molecule has 6 heteroatoms. The van der Waals surface area contributed by atoms with Crippen LogP contribution in [-0.2, 0) is 14.9 Å². The van der Waals surface area contributed by atoms with Gasteiger partial charge in [-0.15, -0.1) is 0 Å². The number of carbonyl (C=O) groups is 1. The molecule has 0 spiro atoms. The van der Waals surface area contributed by atoms with E-state index in [9.17, 15) is 13.2 Å². The number of hydrogen-bond donors (Lipinski definition) is 2. The first-order valence-corrected chi connectivity index (χ1v) is 10.1. The van der Waals surface area contributed by atoms with Gasteiger partial charge in [0.1, 0.15) is 0 Å². The molecular weight excluding hydrogens is 302 g/mol. The van der Waals surface area contributed by atoms with E-state index in [1.54, 1.807) is 0 Å². The number of unbranched alkanes of at least 4 members (excludes halogenated alkanes) is 10. The Morgan fingerprint density at radius 2 is 1.32 bits per heavy atom. The highest BCUT2D eigenvalue weighted by molar-refractivity contribution is 7.87. The van der Waals surface area contributed by atoms with E-state index in [0.717, 1.165) is 12.8 Å². The molecule has 1 unspecified atom stereocenters. The lowest BCUT2D eigenvalue weighted by Gasteiger charge is -2.09. The van der Waals surface area contributed by atoms with E-state index < -0.39 is 21.2 Å². The minimum Gasteiger partial charge on any atom is -0.329 e. The van der Waals surface area contributed by atoms with E-state index in [-0.39, 0.29) is 13.0 Å². The van der Waals surface area contributed by atoms with Crippen molar-refractivity contribution in [2.75, 3.05) is 6.54 Å². The first kappa shape index (κ1) is 21.5. The summed E-state index contributed by atoms with van der Waals surface area (Å²) in [6.45, 7) is 1.87. The molecule has 0 saturated heterocycles. The molecule has 0 fully saturated rings. The van der Waals surface area contributed by atoms with Gasteiger partial charge in [-0.05, 0) is 6.42 Å².